The van der Waals surface area contributed by atoms with E-state index in [0.29, 0.717) is 19.8 Å². The molecule has 2 rings (SSSR count). The van der Waals surface area contributed by atoms with Crippen molar-refractivity contribution in [1.82, 2.24) is 20.3 Å². The largest absolute Gasteiger partial charge is 0.351 e. The van der Waals surface area contributed by atoms with Crippen LogP contribution in [-0.2, 0) is 16.0 Å². The molecule has 0 saturated heterocycles. The zero-order valence-corrected chi connectivity index (χ0v) is 16.2. The molecular formula is C17H23BrN4O3. The predicted molar refractivity (Wildman–Crippen MR) is 97.1 cm³/mol. The summed E-state index contributed by atoms with van der Waals surface area (Å²) >= 11 is 3.40. The highest BCUT2D eigenvalue weighted by Gasteiger charge is 2.16. The average Bonchev–Trinajstić information content (AvgIpc) is 3.04. The molecule has 7 nitrogen and oxygen atoms in total. The quantitative estimate of drug-likeness (QED) is 0.642. The first kappa shape index (κ1) is 19.6. The van der Waals surface area contributed by atoms with Crippen LogP contribution in [-0.4, -0.2) is 40.4 Å². The molecule has 0 aliphatic rings. The summed E-state index contributed by atoms with van der Waals surface area (Å²) in [6.45, 7) is 7.18. The molecule has 1 aromatic carbocycles. The molecular weight excluding hydrogens is 388 g/mol. The Morgan fingerprint density at radius 3 is 2.48 bits per heavy atom. The number of benzene rings is 1. The molecule has 0 saturated carbocycles. The van der Waals surface area contributed by atoms with E-state index in [4.69, 9.17) is 9.47 Å². The number of hydrogen-bond donors (Lipinski definition) is 1. The highest BCUT2D eigenvalue weighted by Crippen LogP contribution is 2.16. The van der Waals surface area contributed by atoms with Crippen LogP contribution in [0.25, 0.3) is 0 Å². The van der Waals surface area contributed by atoms with Crippen molar-refractivity contribution in [2.24, 2.45) is 0 Å². The second kappa shape index (κ2) is 9.65. The Morgan fingerprint density at radius 1 is 1.24 bits per heavy atom. The van der Waals surface area contributed by atoms with Crippen molar-refractivity contribution in [2.45, 2.75) is 39.6 Å². The lowest BCUT2D eigenvalue weighted by Gasteiger charge is -2.16. The Kier molecular flexibility index (Phi) is 7.54. The maximum Gasteiger partial charge on any atom is 0.273 e. The van der Waals surface area contributed by atoms with E-state index >= 15 is 0 Å². The minimum Gasteiger partial charge on any atom is -0.351 e. The number of rotatable bonds is 9. The van der Waals surface area contributed by atoms with Crippen molar-refractivity contribution in [3.8, 4) is 0 Å². The van der Waals surface area contributed by atoms with Gasteiger partial charge in [-0.2, -0.15) is 0 Å². The number of carbonyl (C=O) groups excluding carboxylic acids is 1. The molecule has 2 aromatic rings. The van der Waals surface area contributed by atoms with E-state index in [-0.39, 0.29) is 17.6 Å². The fourth-order valence-corrected chi connectivity index (χ4v) is 2.54. The molecule has 136 valence electrons. The first-order chi connectivity index (χ1) is 12.0. The lowest BCUT2D eigenvalue weighted by molar-refractivity contribution is -0.145. The van der Waals surface area contributed by atoms with E-state index in [9.17, 15) is 4.79 Å². The van der Waals surface area contributed by atoms with Crippen molar-refractivity contribution < 1.29 is 14.3 Å². The highest BCUT2D eigenvalue weighted by molar-refractivity contribution is 9.10. The number of amides is 1. The van der Waals surface area contributed by atoms with Crippen LogP contribution >= 0.6 is 15.9 Å². The number of halogens is 1. The van der Waals surface area contributed by atoms with Crippen LogP contribution < -0.4 is 5.32 Å². The number of nitrogens with one attached hydrogen (secondary N) is 1. The van der Waals surface area contributed by atoms with Gasteiger partial charge >= 0.3 is 0 Å². The lowest BCUT2D eigenvalue weighted by atomic mass is 10.1. The van der Waals surface area contributed by atoms with Gasteiger partial charge in [0, 0.05) is 17.7 Å². The molecule has 0 aliphatic heterocycles. The molecule has 25 heavy (non-hydrogen) atoms. The van der Waals surface area contributed by atoms with Gasteiger partial charge in [0.25, 0.3) is 5.91 Å². The average molecular weight is 411 g/mol. The van der Waals surface area contributed by atoms with E-state index in [0.717, 1.165) is 10.0 Å². The number of carbonyl (C=O) groups is 1. The Morgan fingerprint density at radius 2 is 1.88 bits per heavy atom. The van der Waals surface area contributed by atoms with Gasteiger partial charge in [0.05, 0.1) is 18.8 Å². The van der Waals surface area contributed by atoms with Crippen LogP contribution in [0, 0.1) is 0 Å². The van der Waals surface area contributed by atoms with E-state index in [1.165, 1.54) is 0 Å². The number of nitrogens with zero attached hydrogens (tertiary/aromatic N) is 3. The first-order valence-corrected chi connectivity index (χ1v) is 9.02. The normalized spacial score (nSPS) is 12.4. The Labute approximate surface area is 155 Å². The molecule has 1 atom stereocenters. The van der Waals surface area contributed by atoms with Crippen LogP contribution in [0.1, 0.15) is 42.9 Å². The molecule has 0 bridgehead atoms. The predicted octanol–water partition coefficient (Wildman–Crippen LogP) is 2.93. The van der Waals surface area contributed by atoms with E-state index < -0.39 is 6.29 Å². The Balaban J connectivity index is 1.96. The van der Waals surface area contributed by atoms with Crippen molar-refractivity contribution in [2.75, 3.05) is 13.2 Å². The van der Waals surface area contributed by atoms with E-state index in [1.807, 2.05) is 45.0 Å². The molecule has 1 amide bonds. The third kappa shape index (κ3) is 5.91. The standard InChI is InChI=1S/C17H23BrN4O3/c1-4-24-16(25-5-2)11-22-10-15(20-21-22)17(23)19-12(3)13-6-8-14(18)9-7-13/h6-10,12,16H,4-5,11H2,1-3H3,(H,19,23). The fraction of sp³-hybridized carbons (Fsp3) is 0.471. The van der Waals surface area contributed by atoms with Gasteiger partial charge in [0.15, 0.2) is 12.0 Å². The zero-order valence-electron chi connectivity index (χ0n) is 14.6. The number of aromatic nitrogens is 3. The molecule has 1 heterocycles. The maximum atomic E-state index is 12.3. The smallest absolute Gasteiger partial charge is 0.273 e. The molecule has 0 fully saturated rings. The Bertz CT molecular complexity index is 669. The van der Waals surface area contributed by atoms with Crippen LogP contribution in [0.4, 0.5) is 0 Å². The molecule has 1 aromatic heterocycles. The second-order valence-corrected chi connectivity index (χ2v) is 6.33. The van der Waals surface area contributed by atoms with Crippen LogP contribution in [0.5, 0.6) is 0 Å². The van der Waals surface area contributed by atoms with Crippen molar-refractivity contribution in [3.05, 3.63) is 46.2 Å². The van der Waals surface area contributed by atoms with E-state index in [1.54, 1.807) is 10.9 Å². The van der Waals surface area contributed by atoms with Crippen molar-refractivity contribution in [1.29, 1.82) is 0 Å². The topological polar surface area (TPSA) is 78.3 Å². The van der Waals surface area contributed by atoms with Gasteiger partial charge < -0.3 is 14.8 Å². The minimum atomic E-state index is -0.408. The van der Waals surface area contributed by atoms with Gasteiger partial charge in [0.1, 0.15) is 0 Å². The van der Waals surface area contributed by atoms with Gasteiger partial charge in [-0.25, -0.2) is 4.68 Å². The van der Waals surface area contributed by atoms with Gasteiger partial charge in [-0.05, 0) is 38.5 Å². The Hall–Kier alpha value is -1.77. The van der Waals surface area contributed by atoms with Gasteiger partial charge in [-0.1, -0.05) is 33.3 Å². The monoisotopic (exact) mass is 410 g/mol. The third-order valence-electron chi connectivity index (χ3n) is 3.53. The zero-order chi connectivity index (χ0) is 18.2. The third-order valence-corrected chi connectivity index (χ3v) is 4.06. The summed E-state index contributed by atoms with van der Waals surface area (Å²) in [6, 6.07) is 7.66. The second-order valence-electron chi connectivity index (χ2n) is 5.41. The van der Waals surface area contributed by atoms with Crippen LogP contribution in [0.2, 0.25) is 0 Å². The maximum absolute atomic E-state index is 12.3. The summed E-state index contributed by atoms with van der Waals surface area (Å²) in [5.41, 5.74) is 1.27. The molecule has 1 N–H and O–H groups in total. The summed E-state index contributed by atoms with van der Waals surface area (Å²) in [5, 5.41) is 10.8. The summed E-state index contributed by atoms with van der Waals surface area (Å²) in [6.07, 6.45) is 1.18. The molecule has 1 unspecified atom stereocenters. The van der Waals surface area contributed by atoms with E-state index in [2.05, 4.69) is 31.6 Å². The summed E-state index contributed by atoms with van der Waals surface area (Å²) in [5.74, 6) is -0.272. The van der Waals surface area contributed by atoms with Crippen molar-refractivity contribution in [3.63, 3.8) is 0 Å². The van der Waals surface area contributed by atoms with Crippen molar-refractivity contribution >= 4 is 21.8 Å². The lowest BCUT2D eigenvalue weighted by Crippen LogP contribution is -2.27. The SMILES string of the molecule is CCOC(Cn1cc(C(=O)NC(C)c2ccc(Br)cc2)nn1)OCC. The molecule has 0 aliphatic carbocycles. The summed E-state index contributed by atoms with van der Waals surface area (Å²) in [7, 11) is 0. The van der Waals surface area contributed by atoms with Gasteiger partial charge in [0.2, 0.25) is 0 Å². The first-order valence-electron chi connectivity index (χ1n) is 8.23. The van der Waals surface area contributed by atoms with Gasteiger partial charge in [-0.15, -0.1) is 5.10 Å². The molecule has 8 heteroatoms. The van der Waals surface area contributed by atoms with Crippen LogP contribution in [0.3, 0.4) is 0 Å². The highest BCUT2D eigenvalue weighted by atomic mass is 79.9. The fourth-order valence-electron chi connectivity index (χ4n) is 2.28. The summed E-state index contributed by atoms with van der Waals surface area (Å²) < 4.78 is 13.5. The number of ether oxygens (including phenoxy) is 2. The van der Waals surface area contributed by atoms with Crippen LogP contribution in [0.15, 0.2) is 34.9 Å². The molecule has 0 spiro atoms. The summed E-state index contributed by atoms with van der Waals surface area (Å²) in [4.78, 5) is 12.3. The number of hydrogen-bond acceptors (Lipinski definition) is 5. The minimum absolute atomic E-state index is 0.134. The molecule has 0 radical (unpaired) electrons. The van der Waals surface area contributed by atoms with Gasteiger partial charge in [-0.3, -0.25) is 4.79 Å².